The molecule has 2 aromatic rings. The van der Waals surface area contributed by atoms with Crippen LogP contribution >= 0.6 is 0 Å². The molecule has 19 heavy (non-hydrogen) atoms. The molecule has 0 radical (unpaired) electrons. The normalized spacial score (nSPS) is 18.3. The molecule has 0 saturated heterocycles. The number of amides is 1. The molecule has 1 aromatic carbocycles. The Hall–Kier alpha value is -2.24. The molecule has 0 fully saturated rings. The van der Waals surface area contributed by atoms with Gasteiger partial charge in [-0.2, -0.15) is 0 Å². The Morgan fingerprint density at radius 1 is 1.47 bits per heavy atom. The van der Waals surface area contributed by atoms with Gasteiger partial charge in [-0.05, 0) is 24.5 Å². The summed E-state index contributed by atoms with van der Waals surface area (Å²) in [6.07, 6.45) is 0.429. The van der Waals surface area contributed by atoms with E-state index < -0.39 is 6.09 Å². The lowest BCUT2D eigenvalue weighted by Gasteiger charge is -2.14. The molecular formula is C13H15N3O3. The Morgan fingerprint density at radius 3 is 3.00 bits per heavy atom. The first-order chi connectivity index (χ1) is 9.08. The SMILES string of the molecule is Cn1c(=O)n2c3c(cccc31)CCC(NC(=O)O)C2. The average Bonchev–Trinajstić information content (AvgIpc) is 2.53. The van der Waals surface area contributed by atoms with E-state index in [1.165, 1.54) is 0 Å². The third-order valence-electron chi connectivity index (χ3n) is 3.74. The molecule has 6 heteroatoms. The minimum Gasteiger partial charge on any atom is -0.465 e. The van der Waals surface area contributed by atoms with E-state index in [9.17, 15) is 9.59 Å². The van der Waals surface area contributed by atoms with Crippen LogP contribution in [0.4, 0.5) is 4.79 Å². The van der Waals surface area contributed by atoms with E-state index in [1.54, 1.807) is 16.2 Å². The number of imidazole rings is 1. The molecule has 1 aromatic heterocycles. The molecule has 0 bridgehead atoms. The van der Waals surface area contributed by atoms with Gasteiger partial charge in [0, 0.05) is 13.6 Å². The summed E-state index contributed by atoms with van der Waals surface area (Å²) in [5, 5.41) is 11.3. The van der Waals surface area contributed by atoms with Crippen molar-refractivity contribution in [2.45, 2.75) is 25.4 Å². The summed E-state index contributed by atoms with van der Waals surface area (Å²) < 4.78 is 3.29. The number of hydrogen-bond acceptors (Lipinski definition) is 2. The van der Waals surface area contributed by atoms with Crippen LogP contribution in [-0.4, -0.2) is 26.4 Å². The predicted molar refractivity (Wildman–Crippen MR) is 70.4 cm³/mol. The standard InChI is InChI=1S/C13H15N3O3/c1-15-10-4-2-3-8-5-6-9(14-12(17)18)7-16(11(8)10)13(15)19/h2-4,9,14H,5-7H2,1H3,(H,17,18). The van der Waals surface area contributed by atoms with E-state index in [0.717, 1.165) is 23.0 Å². The van der Waals surface area contributed by atoms with Crippen molar-refractivity contribution < 1.29 is 9.90 Å². The number of rotatable bonds is 1. The fraction of sp³-hybridized carbons (Fsp3) is 0.385. The van der Waals surface area contributed by atoms with Crippen LogP contribution in [0.15, 0.2) is 23.0 Å². The van der Waals surface area contributed by atoms with Gasteiger partial charge in [-0.3, -0.25) is 9.13 Å². The van der Waals surface area contributed by atoms with Crippen molar-refractivity contribution in [3.63, 3.8) is 0 Å². The van der Waals surface area contributed by atoms with Crippen molar-refractivity contribution in [2.24, 2.45) is 7.05 Å². The maximum atomic E-state index is 12.2. The minimum absolute atomic E-state index is 0.0958. The zero-order valence-corrected chi connectivity index (χ0v) is 10.6. The van der Waals surface area contributed by atoms with Crippen molar-refractivity contribution in [3.05, 3.63) is 34.2 Å². The van der Waals surface area contributed by atoms with Crippen LogP contribution in [0.25, 0.3) is 11.0 Å². The number of hydrogen-bond donors (Lipinski definition) is 2. The summed E-state index contributed by atoms with van der Waals surface area (Å²) in [4.78, 5) is 23.0. The summed E-state index contributed by atoms with van der Waals surface area (Å²) in [6, 6.07) is 5.63. The van der Waals surface area contributed by atoms with Gasteiger partial charge in [0.05, 0.1) is 17.1 Å². The van der Waals surface area contributed by atoms with Crippen molar-refractivity contribution in [1.82, 2.24) is 14.5 Å². The third-order valence-corrected chi connectivity index (χ3v) is 3.74. The summed E-state index contributed by atoms with van der Waals surface area (Å²) in [6.45, 7) is 0.388. The Labute approximate surface area is 109 Å². The number of nitrogens with zero attached hydrogens (tertiary/aromatic N) is 2. The first kappa shape index (κ1) is 11.8. The van der Waals surface area contributed by atoms with Crippen molar-refractivity contribution in [3.8, 4) is 0 Å². The molecule has 1 unspecified atom stereocenters. The Bertz CT molecular complexity index is 714. The number of benzene rings is 1. The Morgan fingerprint density at radius 2 is 2.26 bits per heavy atom. The van der Waals surface area contributed by atoms with Crippen LogP contribution in [0.3, 0.4) is 0 Å². The van der Waals surface area contributed by atoms with Gasteiger partial charge in [-0.15, -0.1) is 0 Å². The molecule has 6 nitrogen and oxygen atoms in total. The highest BCUT2D eigenvalue weighted by Crippen LogP contribution is 2.23. The maximum absolute atomic E-state index is 12.2. The molecule has 1 aliphatic heterocycles. The third kappa shape index (κ3) is 1.80. The van der Waals surface area contributed by atoms with Crippen molar-refractivity contribution >= 4 is 17.1 Å². The number of carbonyl (C=O) groups is 1. The fourth-order valence-electron chi connectivity index (χ4n) is 2.84. The monoisotopic (exact) mass is 261 g/mol. The maximum Gasteiger partial charge on any atom is 0.404 e. The molecule has 2 heterocycles. The van der Waals surface area contributed by atoms with Crippen LogP contribution in [0.1, 0.15) is 12.0 Å². The van der Waals surface area contributed by atoms with E-state index in [-0.39, 0.29) is 11.7 Å². The number of aromatic nitrogens is 2. The van der Waals surface area contributed by atoms with Gasteiger partial charge >= 0.3 is 11.8 Å². The molecule has 1 amide bonds. The second-order valence-electron chi connectivity index (χ2n) is 4.92. The largest absolute Gasteiger partial charge is 0.465 e. The zero-order chi connectivity index (χ0) is 13.6. The molecule has 0 spiro atoms. The summed E-state index contributed by atoms with van der Waals surface area (Å²) in [7, 11) is 1.74. The van der Waals surface area contributed by atoms with Gasteiger partial charge in [0.2, 0.25) is 0 Å². The van der Waals surface area contributed by atoms with Crippen LogP contribution in [-0.2, 0) is 20.0 Å². The number of para-hydroxylation sites is 1. The molecule has 0 aliphatic carbocycles. The van der Waals surface area contributed by atoms with Gasteiger partial charge in [-0.1, -0.05) is 12.1 Å². The molecule has 3 rings (SSSR count). The van der Waals surface area contributed by atoms with E-state index in [1.807, 2.05) is 18.2 Å². The number of aryl methyl sites for hydroxylation is 2. The predicted octanol–water partition coefficient (Wildman–Crippen LogP) is 0.922. The Kier molecular flexibility index (Phi) is 2.58. The van der Waals surface area contributed by atoms with Crippen LogP contribution in [0, 0.1) is 0 Å². The highest BCUT2D eigenvalue weighted by Gasteiger charge is 2.22. The van der Waals surface area contributed by atoms with Gasteiger partial charge in [-0.25, -0.2) is 9.59 Å². The van der Waals surface area contributed by atoms with Crippen LogP contribution in [0.5, 0.6) is 0 Å². The highest BCUT2D eigenvalue weighted by molar-refractivity contribution is 5.80. The topological polar surface area (TPSA) is 76.3 Å². The van der Waals surface area contributed by atoms with E-state index in [0.29, 0.717) is 13.0 Å². The second-order valence-corrected chi connectivity index (χ2v) is 4.92. The highest BCUT2D eigenvalue weighted by atomic mass is 16.4. The minimum atomic E-state index is -1.05. The number of carboxylic acid groups (broad SMARTS) is 1. The lowest BCUT2D eigenvalue weighted by atomic mass is 10.1. The zero-order valence-electron chi connectivity index (χ0n) is 10.6. The first-order valence-corrected chi connectivity index (χ1v) is 6.24. The van der Waals surface area contributed by atoms with Crippen molar-refractivity contribution in [1.29, 1.82) is 0 Å². The van der Waals surface area contributed by atoms with Crippen LogP contribution < -0.4 is 11.0 Å². The smallest absolute Gasteiger partial charge is 0.404 e. The number of nitrogens with one attached hydrogen (secondary N) is 1. The quantitative estimate of drug-likeness (QED) is 0.801. The molecule has 0 saturated carbocycles. The Balaban J connectivity index is 2.16. The fourth-order valence-corrected chi connectivity index (χ4v) is 2.84. The average molecular weight is 261 g/mol. The van der Waals surface area contributed by atoms with Gasteiger partial charge < -0.3 is 10.4 Å². The molecular weight excluding hydrogens is 246 g/mol. The van der Waals surface area contributed by atoms with E-state index in [2.05, 4.69) is 5.32 Å². The second kappa shape index (κ2) is 4.15. The lowest BCUT2D eigenvalue weighted by Crippen LogP contribution is -2.39. The molecule has 100 valence electrons. The van der Waals surface area contributed by atoms with Crippen molar-refractivity contribution in [2.75, 3.05) is 0 Å². The molecule has 2 N–H and O–H groups in total. The summed E-state index contributed by atoms with van der Waals surface area (Å²) in [5.74, 6) is 0. The first-order valence-electron chi connectivity index (χ1n) is 6.24. The van der Waals surface area contributed by atoms with Gasteiger partial charge in [0.15, 0.2) is 0 Å². The summed E-state index contributed by atoms with van der Waals surface area (Å²) >= 11 is 0. The van der Waals surface area contributed by atoms with E-state index >= 15 is 0 Å². The van der Waals surface area contributed by atoms with Gasteiger partial charge in [0.25, 0.3) is 0 Å². The van der Waals surface area contributed by atoms with Crippen LogP contribution in [0.2, 0.25) is 0 Å². The lowest BCUT2D eigenvalue weighted by molar-refractivity contribution is 0.187. The van der Waals surface area contributed by atoms with Gasteiger partial charge in [0.1, 0.15) is 0 Å². The molecule has 1 aliphatic rings. The molecule has 1 atom stereocenters. The van der Waals surface area contributed by atoms with E-state index in [4.69, 9.17) is 5.11 Å². The summed E-state index contributed by atoms with van der Waals surface area (Å²) in [5.41, 5.74) is 2.84.